The molecule has 0 radical (unpaired) electrons. The Morgan fingerprint density at radius 1 is 0.289 bits per heavy atom. The number of hydrogen-bond acceptors (Lipinski definition) is 15. The monoisotopic (exact) mass is 1230 g/mol. The highest BCUT2D eigenvalue weighted by atomic mass is 31.2. The summed E-state index contributed by atoms with van der Waals surface area (Å²) < 4.78 is 67.7. The molecular formula is C64H124O17P2. The Morgan fingerprint density at radius 3 is 0.711 bits per heavy atom. The maximum atomic E-state index is 13.0. The van der Waals surface area contributed by atoms with E-state index < -0.39 is 97.5 Å². The van der Waals surface area contributed by atoms with Gasteiger partial charge in [-0.1, -0.05) is 278 Å². The number of rotatable bonds is 65. The number of carbonyl (C=O) groups is 4. The fourth-order valence-electron chi connectivity index (χ4n) is 9.63. The lowest BCUT2D eigenvalue weighted by Gasteiger charge is -2.21. The molecule has 0 fully saturated rings. The Balaban J connectivity index is 5.03. The molecule has 17 nitrogen and oxygen atoms in total. The first-order valence-corrected chi connectivity index (χ1v) is 36.8. The summed E-state index contributed by atoms with van der Waals surface area (Å²) in [4.78, 5) is 71.8. The number of hydrogen-bond donors (Lipinski definition) is 3. The van der Waals surface area contributed by atoms with Crippen LogP contribution in [0.1, 0.15) is 329 Å². The van der Waals surface area contributed by atoms with Crippen LogP contribution in [0.3, 0.4) is 0 Å². The smallest absolute Gasteiger partial charge is 0.462 e. The van der Waals surface area contributed by atoms with Crippen LogP contribution in [-0.2, 0) is 65.4 Å². The second-order valence-corrected chi connectivity index (χ2v) is 26.1. The van der Waals surface area contributed by atoms with Crippen molar-refractivity contribution in [2.45, 2.75) is 348 Å². The van der Waals surface area contributed by atoms with E-state index in [0.29, 0.717) is 25.7 Å². The van der Waals surface area contributed by atoms with Crippen molar-refractivity contribution in [3.05, 3.63) is 0 Å². The summed E-state index contributed by atoms with van der Waals surface area (Å²) in [7, 11) is -9.87. The number of phosphoric ester groups is 2. The van der Waals surface area contributed by atoms with E-state index in [1.807, 2.05) is 0 Å². The number of esters is 4. The molecule has 83 heavy (non-hydrogen) atoms. The van der Waals surface area contributed by atoms with E-state index in [4.69, 9.17) is 37.0 Å². The van der Waals surface area contributed by atoms with Crippen molar-refractivity contribution >= 4 is 39.5 Å². The molecule has 3 N–H and O–H groups in total. The second kappa shape index (κ2) is 59.0. The highest BCUT2D eigenvalue weighted by Crippen LogP contribution is 2.45. The maximum absolute atomic E-state index is 13.0. The van der Waals surface area contributed by atoms with Gasteiger partial charge in [-0.3, -0.25) is 37.3 Å². The molecule has 0 aromatic heterocycles. The lowest BCUT2D eigenvalue weighted by atomic mass is 10.0. The largest absolute Gasteiger partial charge is 0.472 e. The van der Waals surface area contributed by atoms with E-state index in [1.54, 1.807) is 0 Å². The van der Waals surface area contributed by atoms with Crippen molar-refractivity contribution in [2.24, 2.45) is 0 Å². The predicted molar refractivity (Wildman–Crippen MR) is 331 cm³/mol. The maximum Gasteiger partial charge on any atom is 0.472 e. The molecule has 0 aliphatic rings. The fourth-order valence-corrected chi connectivity index (χ4v) is 11.2. The van der Waals surface area contributed by atoms with Crippen molar-refractivity contribution in [3.8, 4) is 0 Å². The van der Waals surface area contributed by atoms with Crippen LogP contribution < -0.4 is 0 Å². The molecule has 0 aliphatic heterocycles. The van der Waals surface area contributed by atoms with E-state index in [1.165, 1.54) is 128 Å². The van der Waals surface area contributed by atoms with E-state index in [-0.39, 0.29) is 25.7 Å². The topological polar surface area (TPSA) is 237 Å². The van der Waals surface area contributed by atoms with Crippen LogP contribution in [0.4, 0.5) is 0 Å². The summed E-state index contributed by atoms with van der Waals surface area (Å²) in [5.74, 6) is -2.14. The van der Waals surface area contributed by atoms with Gasteiger partial charge in [-0.2, -0.15) is 0 Å². The zero-order valence-corrected chi connectivity index (χ0v) is 54.9. The van der Waals surface area contributed by atoms with Crippen LogP contribution in [-0.4, -0.2) is 96.7 Å². The second-order valence-electron chi connectivity index (χ2n) is 23.2. The Kier molecular flexibility index (Phi) is 57.7. The van der Waals surface area contributed by atoms with Gasteiger partial charge in [0.05, 0.1) is 26.4 Å². The molecule has 19 heteroatoms. The van der Waals surface area contributed by atoms with E-state index in [0.717, 1.165) is 122 Å². The Bertz CT molecular complexity index is 1600. The first-order chi connectivity index (χ1) is 40.2. The van der Waals surface area contributed by atoms with Gasteiger partial charge in [0.25, 0.3) is 0 Å². The van der Waals surface area contributed by atoms with Crippen LogP contribution >= 0.6 is 15.6 Å². The highest BCUT2D eigenvalue weighted by molar-refractivity contribution is 7.47. The number of carbonyl (C=O) groups excluding carboxylic acids is 4. The van der Waals surface area contributed by atoms with Crippen LogP contribution in [0.25, 0.3) is 0 Å². The Labute approximate surface area is 505 Å². The SMILES string of the molecule is CCCCCCCCCCCCCCCCCCCCCCCC(=O)O[C@H](COC(=O)CCCCCCCCCC)COP(=O)(O)OC[C@@H](O)COP(=O)(O)OC[C@@H](COC(=O)CCCCCCCCC)OC(=O)CCCCCCCCC. The minimum absolute atomic E-state index is 0.104. The van der Waals surface area contributed by atoms with Gasteiger partial charge in [0, 0.05) is 25.7 Å². The summed E-state index contributed by atoms with van der Waals surface area (Å²) in [6, 6.07) is 0. The van der Waals surface area contributed by atoms with Gasteiger partial charge in [-0.25, -0.2) is 9.13 Å². The molecule has 0 aromatic carbocycles. The fraction of sp³-hybridized carbons (Fsp3) is 0.938. The van der Waals surface area contributed by atoms with Crippen molar-refractivity contribution in [1.82, 2.24) is 0 Å². The molecule has 2 unspecified atom stereocenters. The normalized spacial score (nSPS) is 14.2. The van der Waals surface area contributed by atoms with Crippen LogP contribution in [0.2, 0.25) is 0 Å². The van der Waals surface area contributed by atoms with Crippen molar-refractivity contribution < 1.29 is 80.2 Å². The zero-order valence-electron chi connectivity index (χ0n) is 53.2. The third-order valence-corrected chi connectivity index (χ3v) is 16.8. The van der Waals surface area contributed by atoms with Gasteiger partial charge in [0.15, 0.2) is 12.2 Å². The Morgan fingerprint density at radius 2 is 0.482 bits per heavy atom. The molecule has 0 saturated heterocycles. The van der Waals surface area contributed by atoms with Crippen LogP contribution in [0.5, 0.6) is 0 Å². The van der Waals surface area contributed by atoms with Gasteiger partial charge >= 0.3 is 39.5 Å². The molecule has 492 valence electrons. The highest BCUT2D eigenvalue weighted by Gasteiger charge is 2.30. The number of aliphatic hydroxyl groups excluding tert-OH is 1. The van der Waals surface area contributed by atoms with Crippen LogP contribution in [0.15, 0.2) is 0 Å². The first kappa shape index (κ1) is 81.1. The predicted octanol–water partition coefficient (Wildman–Crippen LogP) is 17.9. The molecule has 0 spiro atoms. The zero-order chi connectivity index (χ0) is 61.2. The third kappa shape index (κ3) is 58.8. The molecule has 0 rings (SSSR count). The molecule has 0 heterocycles. The van der Waals surface area contributed by atoms with Crippen molar-refractivity contribution in [1.29, 1.82) is 0 Å². The number of unbranched alkanes of at least 4 members (excludes halogenated alkanes) is 39. The standard InChI is InChI=1S/C64H124O17P2/c1-5-9-13-17-21-23-24-25-26-27-28-29-30-31-32-33-34-35-39-43-47-51-64(69)81-60(55-75-62(67)49-45-41-38-22-18-14-10-6-2)57-79-83(72,73)77-53-58(65)52-76-82(70,71)78-56-59(80-63(68)50-46-42-37-20-16-12-8-4)54-74-61(66)48-44-40-36-19-15-11-7-3/h58-60,65H,5-57H2,1-4H3,(H,70,71)(H,72,73)/t58-,59+,60+/m0/s1. The van der Waals surface area contributed by atoms with Gasteiger partial charge < -0.3 is 33.8 Å². The van der Waals surface area contributed by atoms with Crippen LogP contribution in [0, 0.1) is 0 Å². The van der Waals surface area contributed by atoms with E-state index in [2.05, 4.69) is 27.7 Å². The molecule has 5 atom stereocenters. The van der Waals surface area contributed by atoms with Gasteiger partial charge in [0.1, 0.15) is 19.3 Å². The van der Waals surface area contributed by atoms with Gasteiger partial charge in [0.2, 0.25) is 0 Å². The molecule has 0 bridgehead atoms. The van der Waals surface area contributed by atoms with Crippen molar-refractivity contribution in [2.75, 3.05) is 39.6 Å². The number of phosphoric acid groups is 2. The first-order valence-electron chi connectivity index (χ1n) is 33.8. The minimum Gasteiger partial charge on any atom is -0.462 e. The third-order valence-electron chi connectivity index (χ3n) is 14.9. The van der Waals surface area contributed by atoms with Gasteiger partial charge in [-0.05, 0) is 25.7 Å². The summed E-state index contributed by atoms with van der Waals surface area (Å²) in [6.45, 7) is 4.78. The van der Waals surface area contributed by atoms with E-state index >= 15 is 0 Å². The molecule has 0 aliphatic carbocycles. The summed E-state index contributed by atoms with van der Waals surface area (Å²) >= 11 is 0. The van der Waals surface area contributed by atoms with Gasteiger partial charge in [-0.15, -0.1) is 0 Å². The van der Waals surface area contributed by atoms with E-state index in [9.17, 15) is 43.2 Å². The molecular weight excluding hydrogens is 1100 g/mol. The lowest BCUT2D eigenvalue weighted by molar-refractivity contribution is -0.161. The summed E-state index contributed by atoms with van der Waals surface area (Å²) in [6.07, 6.45) is 45.0. The number of aliphatic hydroxyl groups is 1. The lowest BCUT2D eigenvalue weighted by Crippen LogP contribution is -2.30. The molecule has 0 aromatic rings. The van der Waals surface area contributed by atoms with Crippen molar-refractivity contribution in [3.63, 3.8) is 0 Å². The average molecular weight is 1230 g/mol. The quantitative estimate of drug-likeness (QED) is 0.0222. The molecule has 0 saturated carbocycles. The average Bonchev–Trinajstić information content (AvgIpc) is 3.47. The molecule has 0 amide bonds. The summed E-state index contributed by atoms with van der Waals surface area (Å²) in [5, 5.41) is 10.5. The minimum atomic E-state index is -4.94. The Hall–Kier alpha value is -1.94. The summed E-state index contributed by atoms with van der Waals surface area (Å²) in [5.41, 5.74) is 0. The number of ether oxygens (including phenoxy) is 4.